The summed E-state index contributed by atoms with van der Waals surface area (Å²) in [5.74, 6) is -0.297. The first-order valence-electron chi connectivity index (χ1n) is 11.7. The van der Waals surface area contributed by atoms with Crippen molar-refractivity contribution in [1.29, 1.82) is 10.5 Å². The lowest BCUT2D eigenvalue weighted by Gasteiger charge is -2.37. The fourth-order valence-corrected chi connectivity index (χ4v) is 6.89. The van der Waals surface area contributed by atoms with Crippen molar-refractivity contribution in [3.63, 3.8) is 0 Å². The predicted molar refractivity (Wildman–Crippen MR) is 132 cm³/mol. The average molecular weight is 502 g/mol. The first kappa shape index (κ1) is 23.9. The third-order valence-electron chi connectivity index (χ3n) is 7.49. The zero-order valence-electron chi connectivity index (χ0n) is 19.7. The highest BCUT2D eigenvalue weighted by Gasteiger charge is 2.47. The number of nitriles is 2. The lowest BCUT2D eigenvalue weighted by molar-refractivity contribution is 0.228. The van der Waals surface area contributed by atoms with E-state index in [0.29, 0.717) is 6.42 Å². The molecule has 0 N–H and O–H groups in total. The highest BCUT2D eigenvalue weighted by molar-refractivity contribution is 7.89. The van der Waals surface area contributed by atoms with Crippen LogP contribution in [-0.2, 0) is 16.4 Å². The van der Waals surface area contributed by atoms with Crippen LogP contribution in [0.3, 0.4) is 0 Å². The molecule has 1 saturated carbocycles. The average Bonchev–Trinajstić information content (AvgIpc) is 3.42. The monoisotopic (exact) mass is 501 g/mol. The number of fused-ring (bicyclic) bond motifs is 2. The maximum absolute atomic E-state index is 13.4. The highest BCUT2D eigenvalue weighted by atomic mass is 32.2. The fraction of sp³-hybridized carbons (Fsp3) is 0.296. The zero-order valence-corrected chi connectivity index (χ0v) is 20.5. The van der Waals surface area contributed by atoms with Crippen molar-refractivity contribution < 1.29 is 12.8 Å². The summed E-state index contributed by atoms with van der Waals surface area (Å²) in [6.07, 6.45) is 6.27. The van der Waals surface area contributed by atoms with Gasteiger partial charge in [-0.1, -0.05) is 18.6 Å². The minimum Gasteiger partial charge on any atom is -0.233 e. The highest BCUT2D eigenvalue weighted by Crippen LogP contribution is 2.53. The Kier molecular flexibility index (Phi) is 5.99. The van der Waals surface area contributed by atoms with Crippen molar-refractivity contribution in [1.82, 2.24) is 14.1 Å². The molecule has 2 aliphatic carbocycles. The molecule has 0 amide bonds. The summed E-state index contributed by atoms with van der Waals surface area (Å²) < 4.78 is 43.3. The molecule has 0 aliphatic heterocycles. The van der Waals surface area contributed by atoms with Gasteiger partial charge in [0.05, 0.1) is 40.2 Å². The molecule has 0 bridgehead atoms. The molecular formula is C27H24FN5O2S. The summed E-state index contributed by atoms with van der Waals surface area (Å²) in [4.78, 5) is 0.0159. The zero-order chi connectivity index (χ0) is 25.5. The van der Waals surface area contributed by atoms with Crippen molar-refractivity contribution in [2.24, 2.45) is 11.3 Å². The van der Waals surface area contributed by atoms with E-state index in [9.17, 15) is 23.3 Å². The number of sulfonamides is 1. The first-order chi connectivity index (χ1) is 17.3. The van der Waals surface area contributed by atoms with Gasteiger partial charge in [0.2, 0.25) is 10.0 Å². The Balaban J connectivity index is 1.44. The van der Waals surface area contributed by atoms with Crippen LogP contribution in [0.15, 0.2) is 65.2 Å². The molecule has 0 unspecified atom stereocenters. The van der Waals surface area contributed by atoms with Gasteiger partial charge in [0.1, 0.15) is 12.4 Å². The molecule has 5 rings (SSSR count). The molecule has 9 heteroatoms. The van der Waals surface area contributed by atoms with Gasteiger partial charge in [-0.3, -0.25) is 0 Å². The van der Waals surface area contributed by atoms with E-state index in [1.165, 1.54) is 40.2 Å². The van der Waals surface area contributed by atoms with E-state index < -0.39 is 10.0 Å². The predicted octanol–water partition coefficient (Wildman–Crippen LogP) is 4.45. The number of allylic oxidation sites excluding steroid dienone is 1. The molecule has 7 nitrogen and oxygen atoms in total. The summed E-state index contributed by atoms with van der Waals surface area (Å²) in [5.41, 5.74) is 3.99. The number of rotatable bonds is 6. The van der Waals surface area contributed by atoms with Gasteiger partial charge in [-0.05, 0) is 84.7 Å². The Morgan fingerprint density at radius 3 is 2.72 bits per heavy atom. The van der Waals surface area contributed by atoms with E-state index in [0.717, 1.165) is 29.8 Å². The Morgan fingerprint density at radius 1 is 1.22 bits per heavy atom. The molecule has 182 valence electrons. The van der Waals surface area contributed by atoms with Gasteiger partial charge in [0.15, 0.2) is 0 Å². The van der Waals surface area contributed by atoms with Gasteiger partial charge >= 0.3 is 0 Å². The Bertz CT molecular complexity index is 1550. The van der Waals surface area contributed by atoms with Crippen LogP contribution in [0.1, 0.15) is 36.6 Å². The molecule has 1 aromatic heterocycles. The smallest absolute Gasteiger partial charge is 0.233 e. The molecular weight excluding hydrogens is 477 g/mol. The standard InChI is InChI=1S/C27H24FN5O2S/c1-27-15-20-17-31-33(24-9-7-23(28)8-10-24)26(20)14-21(27)5-6-22(27)18-32(12-11-29)36(34,35)25-4-2-3-19(13-25)16-30/h2-4,7-10,13-14,17,22H,5-6,12,15,18H2,1H3/t22-,27+/m1/s1. The molecule has 3 aromatic rings. The van der Waals surface area contributed by atoms with E-state index in [1.54, 1.807) is 18.2 Å². The van der Waals surface area contributed by atoms with Crippen LogP contribution in [0.5, 0.6) is 0 Å². The summed E-state index contributed by atoms with van der Waals surface area (Å²) in [6, 6.07) is 16.1. The topological polar surface area (TPSA) is 103 Å². The van der Waals surface area contributed by atoms with Gasteiger partial charge in [0, 0.05) is 6.54 Å². The Morgan fingerprint density at radius 2 is 2.00 bits per heavy atom. The van der Waals surface area contributed by atoms with Crippen molar-refractivity contribution in [2.75, 3.05) is 13.1 Å². The number of benzene rings is 2. The molecule has 0 saturated heterocycles. The second-order valence-electron chi connectivity index (χ2n) is 9.54. The minimum absolute atomic E-state index is 0.00773. The van der Waals surface area contributed by atoms with Crippen LogP contribution < -0.4 is 0 Å². The van der Waals surface area contributed by atoms with Gasteiger partial charge < -0.3 is 0 Å². The van der Waals surface area contributed by atoms with Crippen LogP contribution in [0.4, 0.5) is 4.39 Å². The molecule has 36 heavy (non-hydrogen) atoms. The molecule has 1 fully saturated rings. The van der Waals surface area contributed by atoms with E-state index in [-0.39, 0.29) is 40.7 Å². The number of halogens is 1. The second-order valence-corrected chi connectivity index (χ2v) is 11.5. The van der Waals surface area contributed by atoms with Gasteiger partial charge in [-0.2, -0.15) is 19.9 Å². The lowest BCUT2D eigenvalue weighted by Crippen LogP contribution is -2.41. The van der Waals surface area contributed by atoms with Crippen molar-refractivity contribution in [3.8, 4) is 17.8 Å². The second kappa shape index (κ2) is 9.02. The molecule has 1 heterocycles. The maximum Gasteiger partial charge on any atom is 0.244 e. The van der Waals surface area contributed by atoms with E-state index in [2.05, 4.69) is 18.1 Å². The number of hydrogen-bond donors (Lipinski definition) is 0. The van der Waals surface area contributed by atoms with E-state index in [4.69, 9.17) is 0 Å². The van der Waals surface area contributed by atoms with E-state index >= 15 is 0 Å². The normalized spacial score (nSPS) is 20.8. The van der Waals surface area contributed by atoms with Crippen molar-refractivity contribution >= 4 is 16.1 Å². The van der Waals surface area contributed by atoms with Gasteiger partial charge in [0.25, 0.3) is 0 Å². The summed E-state index contributed by atoms with van der Waals surface area (Å²) >= 11 is 0. The summed E-state index contributed by atoms with van der Waals surface area (Å²) in [6.45, 7) is 2.10. The quantitative estimate of drug-likeness (QED) is 0.464. The van der Waals surface area contributed by atoms with Gasteiger partial charge in [-0.25, -0.2) is 17.5 Å². The molecule has 2 aliphatic rings. The number of aromatic nitrogens is 2. The van der Waals surface area contributed by atoms with Crippen LogP contribution in [0.25, 0.3) is 11.8 Å². The number of nitrogens with zero attached hydrogens (tertiary/aromatic N) is 5. The largest absolute Gasteiger partial charge is 0.244 e. The number of hydrogen-bond acceptors (Lipinski definition) is 5. The Hall–Kier alpha value is -3.79. The minimum atomic E-state index is -3.95. The molecule has 2 atom stereocenters. The van der Waals surface area contributed by atoms with Crippen LogP contribution in [0, 0.1) is 39.8 Å². The molecule has 0 spiro atoms. The maximum atomic E-state index is 13.4. The van der Waals surface area contributed by atoms with E-state index in [1.807, 2.05) is 23.0 Å². The Labute approximate surface area is 209 Å². The molecule has 0 radical (unpaired) electrons. The van der Waals surface area contributed by atoms with Gasteiger partial charge in [-0.15, -0.1) is 0 Å². The van der Waals surface area contributed by atoms with Crippen LogP contribution in [-0.4, -0.2) is 35.6 Å². The third-order valence-corrected chi connectivity index (χ3v) is 9.30. The van der Waals surface area contributed by atoms with Crippen molar-refractivity contribution in [2.45, 2.75) is 31.1 Å². The van der Waals surface area contributed by atoms with Crippen LogP contribution >= 0.6 is 0 Å². The SMILES string of the molecule is C[C@]12Cc3cnn(-c4ccc(F)cc4)c3C=C1CC[C@@H]2CN(CC#N)S(=O)(=O)c1cccc(C#N)c1. The third kappa shape index (κ3) is 4.01. The summed E-state index contributed by atoms with van der Waals surface area (Å²) in [5, 5.41) is 23.2. The first-order valence-corrected chi connectivity index (χ1v) is 13.1. The van der Waals surface area contributed by atoms with Crippen LogP contribution in [0.2, 0.25) is 0 Å². The fourth-order valence-electron chi connectivity index (χ4n) is 5.46. The summed E-state index contributed by atoms with van der Waals surface area (Å²) in [7, 11) is -3.95. The van der Waals surface area contributed by atoms with Crippen molar-refractivity contribution in [3.05, 3.63) is 82.9 Å². The molecule has 2 aromatic carbocycles. The lowest BCUT2D eigenvalue weighted by atomic mass is 9.70.